The van der Waals surface area contributed by atoms with E-state index in [2.05, 4.69) is 6.92 Å². The zero-order chi connectivity index (χ0) is 15.0. The number of hydrogen-bond acceptors (Lipinski definition) is 3. The number of halogens is 1. The monoisotopic (exact) mass is 296 g/mol. The quantitative estimate of drug-likeness (QED) is 0.400. The minimum absolute atomic E-state index is 0.0892. The number of unbranched alkanes of at least 4 members (excludes halogenated alkanes) is 3. The van der Waals surface area contributed by atoms with E-state index in [1.807, 2.05) is 6.92 Å². The molecule has 110 valence electrons. The second-order valence-corrected chi connectivity index (χ2v) is 5.26. The minimum atomic E-state index is -0.533. The first kappa shape index (κ1) is 16.7. The van der Waals surface area contributed by atoms with Gasteiger partial charge in [-0.15, -0.1) is 0 Å². The van der Waals surface area contributed by atoms with E-state index >= 15 is 0 Å². The summed E-state index contributed by atoms with van der Waals surface area (Å²) < 4.78 is 5.36. The Balaban J connectivity index is 2.43. The average molecular weight is 297 g/mol. The molecule has 0 spiro atoms. The Kier molecular flexibility index (Phi) is 7.31. The number of ether oxygens (including phenoxy) is 1. The Morgan fingerprint density at radius 1 is 1.10 bits per heavy atom. The Labute approximate surface area is 125 Å². The number of esters is 1. The second kappa shape index (κ2) is 8.75. The van der Waals surface area contributed by atoms with E-state index in [-0.39, 0.29) is 12.1 Å². The van der Waals surface area contributed by atoms with Crippen LogP contribution in [0.3, 0.4) is 0 Å². The molecule has 0 aliphatic heterocycles. The molecule has 0 amide bonds. The van der Waals surface area contributed by atoms with Crippen molar-refractivity contribution in [1.82, 2.24) is 0 Å². The van der Waals surface area contributed by atoms with Crippen molar-refractivity contribution in [3.05, 3.63) is 35.4 Å². The zero-order valence-electron chi connectivity index (χ0n) is 12.0. The van der Waals surface area contributed by atoms with Crippen molar-refractivity contribution in [3.8, 4) is 0 Å². The van der Waals surface area contributed by atoms with E-state index in [1.165, 1.54) is 31.4 Å². The average Bonchev–Trinajstić information content (AvgIpc) is 2.43. The minimum Gasteiger partial charge on any atom is -0.459 e. The van der Waals surface area contributed by atoms with Gasteiger partial charge in [0.2, 0.25) is 0 Å². The van der Waals surface area contributed by atoms with E-state index in [0.29, 0.717) is 11.1 Å². The number of benzene rings is 1. The lowest BCUT2D eigenvalue weighted by Gasteiger charge is -2.13. The van der Waals surface area contributed by atoms with Gasteiger partial charge in [-0.3, -0.25) is 4.79 Å². The van der Waals surface area contributed by atoms with Crippen molar-refractivity contribution in [2.24, 2.45) is 0 Å². The summed E-state index contributed by atoms with van der Waals surface area (Å²) in [6.07, 6.45) is 5.44. The number of rotatable bonds is 8. The van der Waals surface area contributed by atoms with Gasteiger partial charge < -0.3 is 4.74 Å². The summed E-state index contributed by atoms with van der Waals surface area (Å²) >= 11 is 5.35. The molecular formula is C16H21ClO3. The predicted octanol–water partition coefficient (Wildman–Crippen LogP) is 4.58. The fourth-order valence-electron chi connectivity index (χ4n) is 1.91. The standard InChI is InChI=1S/C16H21ClO3/c1-3-4-5-6-7-12(2)20-16(19)14-10-8-13(9-11-14)15(17)18/h8-12H,3-7H2,1-2H3/t12-/m0/s1. The molecule has 20 heavy (non-hydrogen) atoms. The highest BCUT2D eigenvalue weighted by Crippen LogP contribution is 2.12. The maximum Gasteiger partial charge on any atom is 0.338 e. The molecule has 0 radical (unpaired) electrons. The lowest BCUT2D eigenvalue weighted by atomic mass is 10.1. The van der Waals surface area contributed by atoms with Crippen molar-refractivity contribution in [2.45, 2.75) is 52.1 Å². The third kappa shape index (κ3) is 5.74. The lowest BCUT2D eigenvalue weighted by molar-refractivity contribution is 0.0319. The third-order valence-corrected chi connectivity index (χ3v) is 3.34. The SMILES string of the molecule is CCCCCC[C@H](C)OC(=O)c1ccc(C(=O)Cl)cc1. The predicted molar refractivity (Wildman–Crippen MR) is 80.3 cm³/mol. The molecule has 3 nitrogen and oxygen atoms in total. The van der Waals surface area contributed by atoms with Gasteiger partial charge >= 0.3 is 5.97 Å². The van der Waals surface area contributed by atoms with Gasteiger partial charge in [0.1, 0.15) is 0 Å². The first-order chi connectivity index (χ1) is 9.54. The molecule has 1 aromatic carbocycles. The van der Waals surface area contributed by atoms with Gasteiger partial charge in [-0.05, 0) is 55.6 Å². The fourth-order valence-corrected chi connectivity index (χ4v) is 2.03. The molecule has 0 aromatic heterocycles. The molecule has 0 unspecified atom stereocenters. The van der Waals surface area contributed by atoms with E-state index in [9.17, 15) is 9.59 Å². The maximum absolute atomic E-state index is 11.9. The van der Waals surface area contributed by atoms with Crippen LogP contribution in [0.1, 0.15) is 66.7 Å². The molecule has 0 aliphatic carbocycles. The van der Waals surface area contributed by atoms with Gasteiger partial charge in [0.05, 0.1) is 11.7 Å². The molecule has 0 N–H and O–H groups in total. The molecule has 4 heteroatoms. The maximum atomic E-state index is 11.9. The van der Waals surface area contributed by atoms with E-state index < -0.39 is 5.24 Å². The summed E-state index contributed by atoms with van der Waals surface area (Å²) in [6, 6.07) is 6.17. The molecule has 0 aliphatic rings. The fraction of sp³-hybridized carbons (Fsp3) is 0.500. The topological polar surface area (TPSA) is 43.4 Å². The molecule has 0 saturated carbocycles. The molecule has 0 bridgehead atoms. The molecule has 0 fully saturated rings. The van der Waals surface area contributed by atoms with Crippen molar-refractivity contribution in [2.75, 3.05) is 0 Å². The lowest BCUT2D eigenvalue weighted by Crippen LogP contribution is -2.15. The zero-order valence-corrected chi connectivity index (χ0v) is 12.8. The van der Waals surface area contributed by atoms with E-state index in [1.54, 1.807) is 12.1 Å². The van der Waals surface area contributed by atoms with Crippen LogP contribution in [0.4, 0.5) is 0 Å². The molecule has 1 aromatic rings. The molecule has 0 heterocycles. The van der Waals surface area contributed by atoms with Crippen LogP contribution in [0.25, 0.3) is 0 Å². The summed E-state index contributed by atoms with van der Waals surface area (Å²) in [5, 5.41) is -0.533. The highest BCUT2D eigenvalue weighted by molar-refractivity contribution is 6.67. The second-order valence-electron chi connectivity index (χ2n) is 4.92. The van der Waals surface area contributed by atoms with Gasteiger partial charge in [-0.2, -0.15) is 0 Å². The summed E-state index contributed by atoms with van der Waals surface area (Å²) in [6.45, 7) is 4.07. The summed E-state index contributed by atoms with van der Waals surface area (Å²) in [4.78, 5) is 22.8. The highest BCUT2D eigenvalue weighted by Gasteiger charge is 2.12. The van der Waals surface area contributed by atoms with Crippen LogP contribution < -0.4 is 0 Å². The summed E-state index contributed by atoms with van der Waals surface area (Å²) in [5.74, 6) is -0.360. The van der Waals surface area contributed by atoms with Crippen LogP contribution in [0, 0.1) is 0 Å². The number of hydrogen-bond donors (Lipinski definition) is 0. The summed E-state index contributed by atoms with van der Waals surface area (Å²) in [5.41, 5.74) is 0.808. The third-order valence-electron chi connectivity index (χ3n) is 3.12. The van der Waals surface area contributed by atoms with Crippen LogP contribution in [-0.4, -0.2) is 17.3 Å². The molecule has 1 atom stereocenters. The van der Waals surface area contributed by atoms with Crippen LogP contribution in [0.15, 0.2) is 24.3 Å². The van der Waals surface area contributed by atoms with Crippen LogP contribution >= 0.6 is 11.6 Å². The van der Waals surface area contributed by atoms with Crippen molar-refractivity contribution < 1.29 is 14.3 Å². The molecular weight excluding hydrogens is 276 g/mol. The van der Waals surface area contributed by atoms with E-state index in [4.69, 9.17) is 16.3 Å². The van der Waals surface area contributed by atoms with Gasteiger partial charge in [0, 0.05) is 5.56 Å². The van der Waals surface area contributed by atoms with Crippen molar-refractivity contribution in [1.29, 1.82) is 0 Å². The first-order valence-electron chi connectivity index (χ1n) is 7.05. The largest absolute Gasteiger partial charge is 0.459 e. The molecule has 0 saturated heterocycles. The summed E-state index contributed by atoms with van der Waals surface area (Å²) in [7, 11) is 0. The Morgan fingerprint density at radius 3 is 2.25 bits per heavy atom. The van der Waals surface area contributed by atoms with Gasteiger partial charge in [0.25, 0.3) is 5.24 Å². The van der Waals surface area contributed by atoms with Crippen LogP contribution in [-0.2, 0) is 4.74 Å². The normalized spacial score (nSPS) is 11.9. The van der Waals surface area contributed by atoms with Gasteiger partial charge in [-0.1, -0.05) is 26.2 Å². The Hall–Kier alpha value is -1.35. The number of carbonyl (C=O) groups excluding carboxylic acids is 2. The smallest absolute Gasteiger partial charge is 0.338 e. The van der Waals surface area contributed by atoms with Gasteiger partial charge in [-0.25, -0.2) is 4.79 Å². The van der Waals surface area contributed by atoms with Gasteiger partial charge in [0.15, 0.2) is 0 Å². The molecule has 1 rings (SSSR count). The highest BCUT2D eigenvalue weighted by atomic mass is 35.5. The van der Waals surface area contributed by atoms with Crippen molar-refractivity contribution in [3.63, 3.8) is 0 Å². The first-order valence-corrected chi connectivity index (χ1v) is 7.43. The Morgan fingerprint density at radius 2 is 1.70 bits per heavy atom. The van der Waals surface area contributed by atoms with Crippen molar-refractivity contribution >= 4 is 22.8 Å². The van der Waals surface area contributed by atoms with E-state index in [0.717, 1.165) is 12.8 Å². The Bertz CT molecular complexity index is 440. The van der Waals surface area contributed by atoms with Crippen LogP contribution in [0.5, 0.6) is 0 Å². The number of carbonyl (C=O) groups is 2. The van der Waals surface area contributed by atoms with Crippen LogP contribution in [0.2, 0.25) is 0 Å².